The summed E-state index contributed by atoms with van der Waals surface area (Å²) in [6, 6.07) is 9.46. The number of aliphatic hydroxyl groups is 1. The van der Waals surface area contributed by atoms with Gasteiger partial charge in [0.25, 0.3) is 5.91 Å². The number of hydrogen-bond donors (Lipinski definition) is 2. The number of hydrogen-bond acceptors (Lipinski definition) is 3. The molecule has 1 saturated heterocycles. The van der Waals surface area contributed by atoms with Crippen LogP contribution in [0.1, 0.15) is 12.0 Å². The van der Waals surface area contributed by atoms with E-state index in [9.17, 15) is 9.59 Å². The van der Waals surface area contributed by atoms with Crippen LogP contribution in [-0.2, 0) is 16.0 Å². The second kappa shape index (κ2) is 4.82. The van der Waals surface area contributed by atoms with Gasteiger partial charge in [0.05, 0.1) is 6.26 Å². The van der Waals surface area contributed by atoms with Gasteiger partial charge in [0, 0.05) is 12.5 Å². The van der Waals surface area contributed by atoms with Crippen LogP contribution in [0.2, 0.25) is 0 Å². The van der Waals surface area contributed by atoms with Crippen LogP contribution in [0.3, 0.4) is 0 Å². The molecule has 88 valence electrons. The second-order valence-electron chi connectivity index (χ2n) is 4.03. The van der Waals surface area contributed by atoms with Crippen molar-refractivity contribution in [1.82, 2.24) is 5.32 Å². The summed E-state index contributed by atoms with van der Waals surface area (Å²) in [7, 11) is 0. The van der Waals surface area contributed by atoms with Gasteiger partial charge in [-0.15, -0.1) is 0 Å². The molecule has 4 nitrogen and oxygen atoms in total. The summed E-state index contributed by atoms with van der Waals surface area (Å²) in [5.41, 5.74) is 0.913. The quantitative estimate of drug-likeness (QED) is 0.455. The molecular formula is C13H13NO3. The first-order chi connectivity index (χ1) is 8.20. The van der Waals surface area contributed by atoms with E-state index >= 15 is 0 Å². The first-order valence-corrected chi connectivity index (χ1v) is 5.43. The number of carbonyl (C=O) groups is 2. The normalized spacial score (nSPS) is 22.6. The molecule has 2 N–H and O–H groups in total. The molecular weight excluding hydrogens is 218 g/mol. The SMILES string of the molecule is O=C1CC(Cc2ccccc2)NC(=O)C1=CO. The Hall–Kier alpha value is -2.10. The number of carbonyl (C=O) groups excluding carboxylic acids is 2. The average molecular weight is 231 g/mol. The molecule has 1 aliphatic heterocycles. The zero-order chi connectivity index (χ0) is 12.3. The van der Waals surface area contributed by atoms with E-state index in [1.54, 1.807) is 0 Å². The predicted molar refractivity (Wildman–Crippen MR) is 62.4 cm³/mol. The van der Waals surface area contributed by atoms with Crippen LogP contribution in [0.15, 0.2) is 42.2 Å². The molecule has 1 aliphatic rings. The van der Waals surface area contributed by atoms with Gasteiger partial charge < -0.3 is 10.4 Å². The predicted octanol–water partition coefficient (Wildman–Crippen LogP) is 1.13. The Bertz CT molecular complexity index is 445. The summed E-state index contributed by atoms with van der Waals surface area (Å²) in [6.45, 7) is 0. The van der Waals surface area contributed by atoms with E-state index in [1.165, 1.54) is 0 Å². The number of aliphatic hydroxyl groups excluding tert-OH is 1. The molecule has 1 unspecified atom stereocenters. The van der Waals surface area contributed by atoms with Crippen LogP contribution in [0, 0.1) is 0 Å². The minimum atomic E-state index is -0.496. The Kier molecular flexibility index (Phi) is 3.23. The molecule has 0 aliphatic carbocycles. The Labute approximate surface area is 99.0 Å². The fourth-order valence-corrected chi connectivity index (χ4v) is 1.93. The number of benzene rings is 1. The maximum atomic E-state index is 11.5. The van der Waals surface area contributed by atoms with Crippen LogP contribution in [0.4, 0.5) is 0 Å². The van der Waals surface area contributed by atoms with E-state index in [4.69, 9.17) is 5.11 Å². The molecule has 1 amide bonds. The standard InChI is InChI=1S/C13H13NO3/c15-8-11-12(16)7-10(14-13(11)17)6-9-4-2-1-3-5-9/h1-5,8,10,15H,6-7H2,(H,14,17). The lowest BCUT2D eigenvalue weighted by Gasteiger charge is -2.23. The van der Waals surface area contributed by atoms with E-state index in [1.807, 2.05) is 30.3 Å². The van der Waals surface area contributed by atoms with Crippen molar-refractivity contribution in [1.29, 1.82) is 0 Å². The maximum absolute atomic E-state index is 11.5. The van der Waals surface area contributed by atoms with E-state index in [0.29, 0.717) is 12.7 Å². The molecule has 1 fully saturated rings. The number of piperidine rings is 1. The molecule has 4 heteroatoms. The fraction of sp³-hybridized carbons (Fsp3) is 0.231. The van der Waals surface area contributed by atoms with Gasteiger partial charge in [-0.3, -0.25) is 9.59 Å². The van der Waals surface area contributed by atoms with Gasteiger partial charge in [0.2, 0.25) is 0 Å². The average Bonchev–Trinajstić information content (AvgIpc) is 2.30. The van der Waals surface area contributed by atoms with Gasteiger partial charge in [0.1, 0.15) is 5.57 Å². The van der Waals surface area contributed by atoms with Crippen molar-refractivity contribution in [3.8, 4) is 0 Å². The zero-order valence-electron chi connectivity index (χ0n) is 9.22. The van der Waals surface area contributed by atoms with E-state index in [0.717, 1.165) is 5.56 Å². The summed E-state index contributed by atoms with van der Waals surface area (Å²) in [6.07, 6.45) is 1.43. The van der Waals surface area contributed by atoms with Crippen molar-refractivity contribution in [2.45, 2.75) is 18.9 Å². The first kappa shape index (κ1) is 11.4. The van der Waals surface area contributed by atoms with Gasteiger partial charge in [-0.25, -0.2) is 0 Å². The number of Topliss-reactive ketones (excluding diaryl/α,β-unsaturated/α-hetero) is 1. The number of nitrogens with one attached hydrogen (secondary N) is 1. The minimum absolute atomic E-state index is 0.158. The second-order valence-corrected chi connectivity index (χ2v) is 4.03. The molecule has 0 bridgehead atoms. The highest BCUT2D eigenvalue weighted by Crippen LogP contribution is 2.14. The summed E-state index contributed by atoms with van der Waals surface area (Å²) in [4.78, 5) is 23.0. The minimum Gasteiger partial charge on any atom is -0.515 e. The van der Waals surface area contributed by atoms with Crippen molar-refractivity contribution in [3.63, 3.8) is 0 Å². The summed E-state index contributed by atoms with van der Waals surface area (Å²) >= 11 is 0. The monoisotopic (exact) mass is 231 g/mol. The third-order valence-electron chi connectivity index (χ3n) is 2.77. The topological polar surface area (TPSA) is 66.4 Å². The Morgan fingerprint density at radius 3 is 2.59 bits per heavy atom. The smallest absolute Gasteiger partial charge is 0.258 e. The molecule has 0 saturated carbocycles. The van der Waals surface area contributed by atoms with E-state index in [2.05, 4.69) is 5.32 Å². The van der Waals surface area contributed by atoms with Crippen molar-refractivity contribution in [2.75, 3.05) is 0 Å². The Morgan fingerprint density at radius 2 is 2.00 bits per heavy atom. The molecule has 0 radical (unpaired) electrons. The van der Waals surface area contributed by atoms with Gasteiger partial charge in [-0.05, 0) is 12.0 Å². The van der Waals surface area contributed by atoms with Crippen molar-refractivity contribution in [2.24, 2.45) is 0 Å². The Morgan fingerprint density at radius 1 is 1.29 bits per heavy atom. The van der Waals surface area contributed by atoms with Gasteiger partial charge in [-0.2, -0.15) is 0 Å². The van der Waals surface area contributed by atoms with Crippen LogP contribution in [0.5, 0.6) is 0 Å². The van der Waals surface area contributed by atoms with E-state index in [-0.39, 0.29) is 23.8 Å². The zero-order valence-corrected chi connectivity index (χ0v) is 9.22. The molecule has 1 aromatic rings. The number of ketones is 1. The molecule has 1 heterocycles. The lowest BCUT2D eigenvalue weighted by Crippen LogP contribution is -2.45. The third-order valence-corrected chi connectivity index (χ3v) is 2.77. The van der Waals surface area contributed by atoms with Gasteiger partial charge >= 0.3 is 0 Å². The number of rotatable bonds is 2. The van der Waals surface area contributed by atoms with Gasteiger partial charge in [0.15, 0.2) is 5.78 Å². The van der Waals surface area contributed by atoms with Crippen LogP contribution >= 0.6 is 0 Å². The summed E-state index contributed by atoms with van der Waals surface area (Å²) in [5, 5.41) is 11.5. The third kappa shape index (κ3) is 2.53. The van der Waals surface area contributed by atoms with Crippen LogP contribution < -0.4 is 5.32 Å². The van der Waals surface area contributed by atoms with Crippen molar-refractivity contribution >= 4 is 11.7 Å². The maximum Gasteiger partial charge on any atom is 0.258 e. The fourth-order valence-electron chi connectivity index (χ4n) is 1.93. The molecule has 2 rings (SSSR count). The van der Waals surface area contributed by atoms with Crippen LogP contribution in [0.25, 0.3) is 0 Å². The van der Waals surface area contributed by atoms with Crippen LogP contribution in [-0.4, -0.2) is 22.8 Å². The highest BCUT2D eigenvalue weighted by atomic mass is 16.2. The largest absolute Gasteiger partial charge is 0.515 e. The highest BCUT2D eigenvalue weighted by molar-refractivity contribution is 6.20. The molecule has 1 aromatic carbocycles. The lowest BCUT2D eigenvalue weighted by atomic mass is 9.94. The van der Waals surface area contributed by atoms with Crippen molar-refractivity contribution < 1.29 is 14.7 Å². The molecule has 1 atom stereocenters. The lowest BCUT2D eigenvalue weighted by molar-refractivity contribution is -0.126. The molecule has 0 spiro atoms. The number of amides is 1. The molecule has 17 heavy (non-hydrogen) atoms. The van der Waals surface area contributed by atoms with E-state index < -0.39 is 5.91 Å². The molecule has 0 aromatic heterocycles. The Balaban J connectivity index is 2.06. The highest BCUT2D eigenvalue weighted by Gasteiger charge is 2.29. The summed E-state index contributed by atoms with van der Waals surface area (Å²) < 4.78 is 0. The first-order valence-electron chi connectivity index (χ1n) is 5.43. The van der Waals surface area contributed by atoms with Gasteiger partial charge in [-0.1, -0.05) is 30.3 Å². The van der Waals surface area contributed by atoms with Crippen molar-refractivity contribution in [3.05, 3.63) is 47.7 Å². The summed E-state index contributed by atoms with van der Waals surface area (Å²) in [5.74, 6) is -0.804.